The van der Waals surface area contributed by atoms with Crippen molar-refractivity contribution >= 4 is 22.5 Å². The van der Waals surface area contributed by atoms with Gasteiger partial charge in [-0.05, 0) is 54.8 Å². The number of aromatic nitrogens is 1. The molecule has 0 aliphatic heterocycles. The highest BCUT2D eigenvalue weighted by Gasteiger charge is 2.09. The number of benzene rings is 3. The lowest BCUT2D eigenvalue weighted by Gasteiger charge is -2.10. The summed E-state index contributed by atoms with van der Waals surface area (Å²) in [5.41, 5.74) is 5.66. The molecule has 4 rings (SSSR count). The van der Waals surface area contributed by atoms with Crippen LogP contribution in [0.5, 0.6) is 0 Å². The quantitative estimate of drug-likeness (QED) is 0.531. The van der Waals surface area contributed by atoms with E-state index >= 15 is 0 Å². The largest absolute Gasteiger partial charge is 0.322 e. The van der Waals surface area contributed by atoms with E-state index in [1.165, 1.54) is 0 Å². The zero-order chi connectivity index (χ0) is 19.7. The molecule has 0 atom stereocenters. The lowest BCUT2D eigenvalue weighted by atomic mass is 10.0. The van der Waals surface area contributed by atoms with Gasteiger partial charge in [0.05, 0.1) is 5.52 Å². The fraction of sp³-hybridized carbons (Fsp3) is 0.0833. The Morgan fingerprint density at radius 1 is 0.821 bits per heavy atom. The third kappa shape index (κ3) is 3.32. The Labute approximate surface area is 162 Å². The van der Waals surface area contributed by atoms with Gasteiger partial charge in [0.15, 0.2) is 0 Å². The summed E-state index contributed by atoms with van der Waals surface area (Å²) in [7, 11) is 0. The van der Waals surface area contributed by atoms with Gasteiger partial charge < -0.3 is 10.3 Å². The van der Waals surface area contributed by atoms with E-state index in [2.05, 4.69) is 10.3 Å². The zero-order valence-electron chi connectivity index (χ0n) is 15.7. The minimum Gasteiger partial charge on any atom is -0.322 e. The standard InChI is InChI=1S/C24H20N2O2/c1-15-16(2)23(27)26-22-14-20(12-13-21(15)22)25-24(28)19-10-8-18(9-11-19)17-6-4-3-5-7-17/h3-14H,1-2H3,(H,25,28)(H,26,27). The molecule has 0 bridgehead atoms. The number of pyridine rings is 1. The van der Waals surface area contributed by atoms with Crippen molar-refractivity contribution in [1.29, 1.82) is 0 Å². The Morgan fingerprint density at radius 3 is 2.21 bits per heavy atom. The van der Waals surface area contributed by atoms with Gasteiger partial charge in [0.1, 0.15) is 0 Å². The SMILES string of the molecule is Cc1c(C)c2ccc(NC(=O)c3ccc(-c4ccccc4)cc3)cc2[nH]c1=O. The molecular formula is C24H20N2O2. The minimum absolute atomic E-state index is 0.107. The van der Waals surface area contributed by atoms with Crippen molar-refractivity contribution in [1.82, 2.24) is 4.98 Å². The number of fused-ring (bicyclic) bond motifs is 1. The number of hydrogen-bond acceptors (Lipinski definition) is 2. The molecule has 3 aromatic carbocycles. The number of rotatable bonds is 3. The number of H-pyrrole nitrogens is 1. The fourth-order valence-corrected chi connectivity index (χ4v) is 3.29. The molecule has 4 nitrogen and oxygen atoms in total. The molecular weight excluding hydrogens is 348 g/mol. The lowest BCUT2D eigenvalue weighted by Crippen LogP contribution is -2.13. The van der Waals surface area contributed by atoms with Crippen molar-refractivity contribution in [3.05, 3.63) is 99.8 Å². The third-order valence-electron chi connectivity index (χ3n) is 5.09. The van der Waals surface area contributed by atoms with Crippen LogP contribution in [-0.2, 0) is 0 Å². The highest BCUT2D eigenvalue weighted by molar-refractivity contribution is 6.05. The van der Waals surface area contributed by atoms with Crippen LogP contribution in [0.1, 0.15) is 21.5 Å². The number of hydrogen-bond donors (Lipinski definition) is 2. The van der Waals surface area contributed by atoms with E-state index in [1.807, 2.05) is 80.6 Å². The van der Waals surface area contributed by atoms with E-state index in [0.29, 0.717) is 22.3 Å². The molecule has 1 heterocycles. The molecule has 0 saturated carbocycles. The Hall–Kier alpha value is -3.66. The van der Waals surface area contributed by atoms with E-state index in [1.54, 1.807) is 6.07 Å². The molecule has 0 saturated heterocycles. The smallest absolute Gasteiger partial charge is 0.255 e. The van der Waals surface area contributed by atoms with Gasteiger partial charge in [0.25, 0.3) is 11.5 Å². The first-order chi connectivity index (χ1) is 13.5. The van der Waals surface area contributed by atoms with Crippen LogP contribution in [0.25, 0.3) is 22.0 Å². The van der Waals surface area contributed by atoms with Crippen molar-refractivity contribution in [2.75, 3.05) is 5.32 Å². The first-order valence-electron chi connectivity index (χ1n) is 9.13. The Balaban J connectivity index is 1.58. The monoisotopic (exact) mass is 368 g/mol. The summed E-state index contributed by atoms with van der Waals surface area (Å²) >= 11 is 0. The number of amides is 1. The second kappa shape index (κ2) is 7.16. The molecule has 0 spiro atoms. The van der Waals surface area contributed by atoms with E-state index < -0.39 is 0 Å². The molecule has 0 unspecified atom stereocenters. The van der Waals surface area contributed by atoms with Gasteiger partial charge >= 0.3 is 0 Å². The maximum atomic E-state index is 12.6. The highest BCUT2D eigenvalue weighted by atomic mass is 16.1. The maximum absolute atomic E-state index is 12.6. The van der Waals surface area contributed by atoms with E-state index in [4.69, 9.17) is 0 Å². The van der Waals surface area contributed by atoms with E-state index in [9.17, 15) is 9.59 Å². The first-order valence-corrected chi connectivity index (χ1v) is 9.13. The van der Waals surface area contributed by atoms with Gasteiger partial charge in [0, 0.05) is 22.2 Å². The van der Waals surface area contributed by atoms with Crippen LogP contribution in [0.15, 0.2) is 77.6 Å². The molecule has 2 N–H and O–H groups in total. The molecule has 0 aliphatic rings. The summed E-state index contributed by atoms with van der Waals surface area (Å²) in [6.45, 7) is 3.74. The Bertz CT molecular complexity index is 1220. The summed E-state index contributed by atoms with van der Waals surface area (Å²) in [5.74, 6) is -0.190. The third-order valence-corrected chi connectivity index (χ3v) is 5.09. The summed E-state index contributed by atoms with van der Waals surface area (Å²) in [4.78, 5) is 27.5. The second-order valence-electron chi connectivity index (χ2n) is 6.86. The summed E-state index contributed by atoms with van der Waals surface area (Å²) in [5, 5.41) is 3.88. The number of anilines is 1. The molecule has 28 heavy (non-hydrogen) atoms. The highest BCUT2D eigenvalue weighted by Crippen LogP contribution is 2.22. The van der Waals surface area contributed by atoms with Crippen molar-refractivity contribution in [2.45, 2.75) is 13.8 Å². The van der Waals surface area contributed by atoms with Crippen LogP contribution in [-0.4, -0.2) is 10.9 Å². The van der Waals surface area contributed by atoms with E-state index in [-0.39, 0.29) is 11.5 Å². The van der Waals surface area contributed by atoms with Crippen molar-refractivity contribution in [3.8, 4) is 11.1 Å². The molecule has 0 radical (unpaired) electrons. The average Bonchev–Trinajstić information content (AvgIpc) is 2.73. The number of nitrogens with one attached hydrogen (secondary N) is 2. The van der Waals surface area contributed by atoms with E-state index in [0.717, 1.165) is 22.1 Å². The predicted molar refractivity (Wildman–Crippen MR) is 114 cm³/mol. The normalized spacial score (nSPS) is 10.8. The minimum atomic E-state index is -0.190. The van der Waals surface area contributed by atoms with Gasteiger partial charge in [0.2, 0.25) is 0 Å². The fourth-order valence-electron chi connectivity index (χ4n) is 3.29. The number of carbonyl (C=O) groups is 1. The molecule has 4 heteroatoms. The van der Waals surface area contributed by atoms with Gasteiger partial charge in [-0.3, -0.25) is 9.59 Å². The van der Waals surface area contributed by atoms with Crippen LogP contribution < -0.4 is 10.9 Å². The Morgan fingerprint density at radius 2 is 1.50 bits per heavy atom. The van der Waals surface area contributed by atoms with Crippen LogP contribution in [0.2, 0.25) is 0 Å². The Kier molecular flexibility index (Phi) is 4.53. The zero-order valence-corrected chi connectivity index (χ0v) is 15.7. The topological polar surface area (TPSA) is 62.0 Å². The number of aryl methyl sites for hydroxylation is 1. The average molecular weight is 368 g/mol. The molecule has 0 aliphatic carbocycles. The lowest BCUT2D eigenvalue weighted by molar-refractivity contribution is 0.102. The van der Waals surface area contributed by atoms with Crippen molar-refractivity contribution < 1.29 is 4.79 Å². The van der Waals surface area contributed by atoms with Crippen LogP contribution in [0.4, 0.5) is 5.69 Å². The summed E-state index contributed by atoms with van der Waals surface area (Å²) in [6, 6.07) is 23.1. The van der Waals surface area contributed by atoms with Gasteiger partial charge in [-0.25, -0.2) is 0 Å². The molecule has 4 aromatic rings. The molecule has 0 fully saturated rings. The van der Waals surface area contributed by atoms with Gasteiger partial charge in [-0.2, -0.15) is 0 Å². The maximum Gasteiger partial charge on any atom is 0.255 e. The molecule has 1 amide bonds. The van der Waals surface area contributed by atoms with Crippen molar-refractivity contribution in [2.24, 2.45) is 0 Å². The summed E-state index contributed by atoms with van der Waals surface area (Å²) < 4.78 is 0. The van der Waals surface area contributed by atoms with Crippen LogP contribution in [0, 0.1) is 13.8 Å². The number of carbonyl (C=O) groups excluding carboxylic acids is 1. The second-order valence-corrected chi connectivity index (χ2v) is 6.86. The molecule has 138 valence electrons. The van der Waals surface area contributed by atoms with Crippen LogP contribution >= 0.6 is 0 Å². The van der Waals surface area contributed by atoms with Crippen molar-refractivity contribution in [3.63, 3.8) is 0 Å². The first kappa shape index (κ1) is 17.7. The number of aromatic amines is 1. The van der Waals surface area contributed by atoms with Gasteiger partial charge in [-0.15, -0.1) is 0 Å². The van der Waals surface area contributed by atoms with Crippen LogP contribution in [0.3, 0.4) is 0 Å². The molecule has 1 aromatic heterocycles. The summed E-state index contributed by atoms with van der Waals surface area (Å²) in [6.07, 6.45) is 0. The van der Waals surface area contributed by atoms with Gasteiger partial charge in [-0.1, -0.05) is 48.5 Å². The predicted octanol–water partition coefficient (Wildman–Crippen LogP) is 5.06.